The molecule has 4 N–H and O–H groups in total. The van der Waals surface area contributed by atoms with Crippen LogP contribution in [-0.2, 0) is 19.6 Å². The number of anilines is 1. The quantitative estimate of drug-likeness (QED) is 0.361. The molecule has 202 valence electrons. The number of nitrogens with zero attached hydrogens (tertiary/aromatic N) is 4. The third kappa shape index (κ3) is 6.53. The second-order valence-corrected chi connectivity index (χ2v) is 11.0. The number of aliphatic imine (C=N–C) groups is 1. The van der Waals surface area contributed by atoms with Crippen molar-refractivity contribution in [1.29, 1.82) is 0 Å². The Kier molecular flexibility index (Phi) is 8.37. The van der Waals surface area contributed by atoms with Gasteiger partial charge < -0.3 is 20.5 Å². The van der Waals surface area contributed by atoms with Crippen LogP contribution in [0.3, 0.4) is 0 Å². The molecule has 0 unspecified atom stereocenters. The highest BCUT2D eigenvalue weighted by molar-refractivity contribution is 7.90. The first kappa shape index (κ1) is 27.2. The predicted octanol–water partition coefficient (Wildman–Crippen LogP) is 2.14. The molecule has 2 aromatic heterocycles. The van der Waals surface area contributed by atoms with E-state index in [0.717, 1.165) is 5.56 Å². The van der Waals surface area contributed by atoms with Crippen molar-refractivity contribution in [2.24, 2.45) is 16.1 Å². The lowest BCUT2D eigenvalue weighted by atomic mass is 9.73. The second kappa shape index (κ2) is 11.7. The minimum atomic E-state index is -3.48. The molecule has 0 aromatic carbocycles. The average Bonchev–Trinajstić information content (AvgIpc) is 3.76. The zero-order valence-electron chi connectivity index (χ0n) is 21.1. The lowest BCUT2D eigenvalue weighted by molar-refractivity contribution is -0.127. The Morgan fingerprint density at radius 1 is 1.29 bits per heavy atom. The van der Waals surface area contributed by atoms with E-state index in [2.05, 4.69) is 36.6 Å². The lowest BCUT2D eigenvalue weighted by Crippen LogP contribution is -2.43. The van der Waals surface area contributed by atoms with Crippen LogP contribution in [0.5, 0.6) is 5.88 Å². The monoisotopic (exact) mass is 541 g/mol. The molecule has 1 saturated heterocycles. The van der Waals surface area contributed by atoms with E-state index in [1.165, 1.54) is 18.6 Å². The van der Waals surface area contributed by atoms with Crippen LogP contribution in [0.25, 0.3) is 11.3 Å². The summed E-state index contributed by atoms with van der Waals surface area (Å²) in [6.45, 7) is 7.17. The number of amides is 1. The van der Waals surface area contributed by atoms with Crippen LogP contribution in [0.4, 0.5) is 5.82 Å². The Bertz CT molecular complexity index is 1330. The Morgan fingerprint density at radius 3 is 2.71 bits per heavy atom. The van der Waals surface area contributed by atoms with Crippen LogP contribution in [0.15, 0.2) is 59.9 Å². The van der Waals surface area contributed by atoms with Crippen molar-refractivity contribution in [2.75, 3.05) is 25.1 Å². The van der Waals surface area contributed by atoms with Crippen LogP contribution in [0, 0.1) is 5.41 Å². The number of hydrogen-bond donors (Lipinski definition) is 3. The molecular weight excluding hydrogens is 510 g/mol. The van der Waals surface area contributed by atoms with Crippen molar-refractivity contribution in [3.8, 4) is 17.1 Å². The predicted molar refractivity (Wildman–Crippen MR) is 143 cm³/mol. The van der Waals surface area contributed by atoms with Crippen molar-refractivity contribution < 1.29 is 22.7 Å². The van der Waals surface area contributed by atoms with Crippen LogP contribution in [0.1, 0.15) is 32.6 Å². The average molecular weight is 542 g/mol. The fourth-order valence-electron chi connectivity index (χ4n) is 3.96. The van der Waals surface area contributed by atoms with Gasteiger partial charge in [-0.3, -0.25) is 19.5 Å². The van der Waals surface area contributed by atoms with E-state index in [1.54, 1.807) is 24.5 Å². The molecule has 2 fully saturated rings. The van der Waals surface area contributed by atoms with Gasteiger partial charge in [-0.25, -0.2) is 18.4 Å². The molecule has 1 saturated carbocycles. The summed E-state index contributed by atoms with van der Waals surface area (Å²) < 4.78 is 37.2. The van der Waals surface area contributed by atoms with Gasteiger partial charge in [0.1, 0.15) is 11.6 Å². The van der Waals surface area contributed by atoms with E-state index in [9.17, 15) is 13.2 Å². The highest BCUT2D eigenvalue weighted by Crippen LogP contribution is 2.38. The molecule has 3 heterocycles. The first-order valence-corrected chi connectivity index (χ1v) is 13.8. The fraction of sp³-hybridized carbons (Fsp3) is 0.400. The summed E-state index contributed by atoms with van der Waals surface area (Å²) in [5, 5.41) is 2.47. The number of nitrogens with one attached hydrogen (secondary N) is 2. The molecule has 1 aliphatic heterocycles. The van der Waals surface area contributed by atoms with Crippen molar-refractivity contribution in [2.45, 2.75) is 37.9 Å². The minimum absolute atomic E-state index is 0.104. The first-order valence-electron chi connectivity index (χ1n) is 12.2. The molecule has 38 heavy (non-hydrogen) atoms. The molecule has 2 aliphatic rings. The topological polar surface area (TPSA) is 171 Å². The maximum absolute atomic E-state index is 13.5. The summed E-state index contributed by atoms with van der Waals surface area (Å²) >= 11 is 0. The summed E-state index contributed by atoms with van der Waals surface area (Å²) in [4.78, 5) is 30.5. The minimum Gasteiger partial charge on any atom is -0.477 e. The molecule has 1 aliphatic carbocycles. The summed E-state index contributed by atoms with van der Waals surface area (Å²) in [5.74, 6) is 0.386. The van der Waals surface area contributed by atoms with Gasteiger partial charge in [-0.2, -0.15) is 0 Å². The number of carbonyl (C=O) groups excluding carboxylic acids is 1. The zero-order chi connectivity index (χ0) is 27.2. The van der Waals surface area contributed by atoms with Gasteiger partial charge in [0.05, 0.1) is 41.6 Å². The van der Waals surface area contributed by atoms with E-state index in [0.29, 0.717) is 68.5 Å². The summed E-state index contributed by atoms with van der Waals surface area (Å²) in [7, 11) is -3.48. The molecule has 0 atom stereocenters. The molecule has 13 heteroatoms. The normalized spacial score (nSPS) is 17.7. The van der Waals surface area contributed by atoms with E-state index >= 15 is 0 Å². The maximum Gasteiger partial charge on any atom is 0.236 e. The van der Waals surface area contributed by atoms with Gasteiger partial charge in [0.25, 0.3) is 0 Å². The maximum atomic E-state index is 13.5. The van der Waals surface area contributed by atoms with Gasteiger partial charge in [0.15, 0.2) is 0 Å². The van der Waals surface area contributed by atoms with Gasteiger partial charge in [0, 0.05) is 31.2 Å². The molecule has 0 spiro atoms. The number of aromatic nitrogens is 3. The number of ether oxygens (including phenoxy) is 2. The van der Waals surface area contributed by atoms with Gasteiger partial charge in [-0.05, 0) is 50.3 Å². The Hall–Kier alpha value is -3.84. The molecule has 0 radical (unpaired) electrons. The van der Waals surface area contributed by atoms with Crippen molar-refractivity contribution in [3.63, 3.8) is 0 Å². The molecule has 4 rings (SSSR count). The lowest BCUT2D eigenvalue weighted by Gasteiger charge is -2.36. The van der Waals surface area contributed by atoms with Crippen LogP contribution >= 0.6 is 0 Å². The fourth-order valence-corrected chi connectivity index (χ4v) is 5.26. The molecule has 2 aromatic rings. The van der Waals surface area contributed by atoms with Gasteiger partial charge in [-0.1, -0.05) is 6.58 Å². The summed E-state index contributed by atoms with van der Waals surface area (Å²) in [6, 6.07) is 3.47. The third-order valence-corrected chi connectivity index (χ3v) is 8.14. The van der Waals surface area contributed by atoms with E-state index < -0.39 is 20.7 Å². The number of nitrogens with two attached hydrogens (primary N) is 1. The SMILES string of the molecule is C=C(/C=N\C=C(/N)NS(=O)(=O)C1CC1)C1(C(=O)Nc2ccc(-c3cncc(OCC)n3)cn2)CCOCC1. The molecule has 0 bridgehead atoms. The number of pyridine rings is 1. The smallest absolute Gasteiger partial charge is 0.236 e. The Morgan fingerprint density at radius 2 is 2.05 bits per heavy atom. The standard InChI is InChI=1S/C25H31N7O5S/c1-3-37-23-16-28-14-20(30-23)18-4-7-22(29-13-18)31-24(33)25(8-10-36-11-9-25)17(2)12-27-15-21(26)32-38(34,35)19-5-6-19/h4,7,12-16,19,32H,2-3,5-6,8-11,26H2,1H3,(H,29,31,33)/b21-15+,27-12-. The third-order valence-electron chi connectivity index (χ3n) is 6.27. The number of sulfonamides is 1. The number of hydrogen-bond acceptors (Lipinski definition) is 10. The molecular formula is C25H31N7O5S. The summed E-state index contributed by atoms with van der Waals surface area (Å²) in [5.41, 5.74) is 6.56. The highest BCUT2D eigenvalue weighted by Gasteiger charge is 2.42. The van der Waals surface area contributed by atoms with Gasteiger partial charge in [0.2, 0.25) is 21.8 Å². The van der Waals surface area contributed by atoms with Crippen LogP contribution < -0.4 is 20.5 Å². The molecule has 12 nitrogen and oxygen atoms in total. The number of rotatable bonds is 11. The Balaban J connectivity index is 1.44. The van der Waals surface area contributed by atoms with Gasteiger partial charge >= 0.3 is 0 Å². The largest absolute Gasteiger partial charge is 0.477 e. The number of carbonyl (C=O) groups is 1. The van der Waals surface area contributed by atoms with E-state index in [1.807, 2.05) is 6.92 Å². The zero-order valence-corrected chi connectivity index (χ0v) is 21.9. The van der Waals surface area contributed by atoms with E-state index in [-0.39, 0.29) is 11.7 Å². The second-order valence-electron chi connectivity index (χ2n) is 8.99. The van der Waals surface area contributed by atoms with E-state index in [4.69, 9.17) is 15.2 Å². The van der Waals surface area contributed by atoms with Gasteiger partial charge in [-0.15, -0.1) is 0 Å². The Labute approximate surface area is 221 Å². The first-order chi connectivity index (χ1) is 18.2. The van der Waals surface area contributed by atoms with Crippen LogP contribution in [0.2, 0.25) is 0 Å². The van der Waals surface area contributed by atoms with Crippen LogP contribution in [-0.4, -0.2) is 60.6 Å². The van der Waals surface area contributed by atoms with Crippen molar-refractivity contribution in [3.05, 3.63) is 54.9 Å². The molecule has 1 amide bonds. The van der Waals surface area contributed by atoms with Crippen molar-refractivity contribution >= 4 is 28.0 Å². The van der Waals surface area contributed by atoms with Crippen molar-refractivity contribution in [1.82, 2.24) is 19.7 Å². The summed E-state index contributed by atoms with van der Waals surface area (Å²) in [6.07, 6.45) is 9.39. The highest BCUT2D eigenvalue weighted by atomic mass is 32.2.